The van der Waals surface area contributed by atoms with Gasteiger partial charge in [0, 0.05) is 50.4 Å². The van der Waals surface area contributed by atoms with Crippen LogP contribution >= 0.6 is 11.6 Å². The fourth-order valence-corrected chi connectivity index (χ4v) is 4.69. The number of piperazine rings is 1. The summed E-state index contributed by atoms with van der Waals surface area (Å²) in [7, 11) is -1.93. The molecule has 0 radical (unpaired) electrons. The molecule has 1 aliphatic heterocycles. The molecule has 1 heterocycles. The highest BCUT2D eigenvalue weighted by Crippen LogP contribution is 2.17. The molecule has 2 aromatic rings. The fourth-order valence-electron chi connectivity index (χ4n) is 3.30. The number of sulfone groups is 1. The smallest absolute Gasteiger partial charge is 0.253 e. The standard InChI is InChI=1S/C21H25ClN2O4S/c1-28-13-14-29(26,27)20-7-5-18(6-8-20)21(25)24-11-9-23(10-12-24)16-17-3-2-4-19(22)15-17/h2-8,15H,9-14,16H2,1H3. The van der Waals surface area contributed by atoms with Gasteiger partial charge >= 0.3 is 0 Å². The predicted octanol–water partition coefficient (Wildman–Crippen LogP) is 2.72. The average molecular weight is 437 g/mol. The molecule has 29 heavy (non-hydrogen) atoms. The van der Waals surface area contributed by atoms with Crippen LogP contribution in [0, 0.1) is 0 Å². The highest BCUT2D eigenvalue weighted by Gasteiger charge is 2.23. The van der Waals surface area contributed by atoms with Gasteiger partial charge in [-0.3, -0.25) is 9.69 Å². The SMILES string of the molecule is COCCS(=O)(=O)c1ccc(C(=O)N2CCN(Cc3cccc(Cl)c3)CC2)cc1. The van der Waals surface area contributed by atoms with E-state index in [0.29, 0.717) is 18.7 Å². The molecular formula is C21H25ClN2O4S. The van der Waals surface area contributed by atoms with Crippen molar-refractivity contribution in [3.8, 4) is 0 Å². The molecule has 3 rings (SSSR count). The third kappa shape index (κ3) is 5.79. The summed E-state index contributed by atoms with van der Waals surface area (Å²) in [5.74, 6) is -0.154. The first kappa shape index (κ1) is 21.8. The van der Waals surface area contributed by atoms with Crippen LogP contribution in [-0.2, 0) is 21.1 Å². The van der Waals surface area contributed by atoms with E-state index < -0.39 is 9.84 Å². The lowest BCUT2D eigenvalue weighted by molar-refractivity contribution is 0.0628. The summed E-state index contributed by atoms with van der Waals surface area (Å²) in [6, 6.07) is 14.0. The van der Waals surface area contributed by atoms with Crippen LogP contribution in [0.4, 0.5) is 0 Å². The van der Waals surface area contributed by atoms with Crippen LogP contribution in [0.5, 0.6) is 0 Å². The average Bonchev–Trinajstić information content (AvgIpc) is 2.72. The van der Waals surface area contributed by atoms with Crippen molar-refractivity contribution in [2.75, 3.05) is 45.6 Å². The summed E-state index contributed by atoms with van der Waals surface area (Å²) < 4.78 is 29.2. The van der Waals surface area contributed by atoms with Crippen molar-refractivity contribution >= 4 is 27.3 Å². The van der Waals surface area contributed by atoms with Gasteiger partial charge in [-0.25, -0.2) is 8.42 Å². The Balaban J connectivity index is 1.56. The van der Waals surface area contributed by atoms with E-state index in [4.69, 9.17) is 16.3 Å². The van der Waals surface area contributed by atoms with Crippen LogP contribution in [0.3, 0.4) is 0 Å². The second-order valence-corrected chi connectivity index (χ2v) is 9.58. The van der Waals surface area contributed by atoms with Crippen molar-refractivity contribution in [1.82, 2.24) is 9.80 Å². The third-order valence-corrected chi connectivity index (χ3v) is 6.90. The lowest BCUT2D eigenvalue weighted by Crippen LogP contribution is -2.48. The van der Waals surface area contributed by atoms with Gasteiger partial charge in [0.1, 0.15) is 0 Å². The van der Waals surface area contributed by atoms with Gasteiger partial charge in [-0.15, -0.1) is 0 Å². The third-order valence-electron chi connectivity index (χ3n) is 4.97. The Morgan fingerprint density at radius 3 is 2.38 bits per heavy atom. The first-order valence-electron chi connectivity index (χ1n) is 9.47. The number of benzene rings is 2. The van der Waals surface area contributed by atoms with Crippen LogP contribution in [0.15, 0.2) is 53.4 Å². The van der Waals surface area contributed by atoms with E-state index in [2.05, 4.69) is 4.90 Å². The highest BCUT2D eigenvalue weighted by molar-refractivity contribution is 7.91. The van der Waals surface area contributed by atoms with Crippen molar-refractivity contribution in [2.24, 2.45) is 0 Å². The Kier molecular flexibility index (Phi) is 7.29. The van der Waals surface area contributed by atoms with Crippen molar-refractivity contribution in [1.29, 1.82) is 0 Å². The van der Waals surface area contributed by atoms with E-state index in [1.807, 2.05) is 29.2 Å². The molecular weight excluding hydrogens is 412 g/mol. The van der Waals surface area contributed by atoms with Gasteiger partial charge in [-0.05, 0) is 42.0 Å². The zero-order valence-electron chi connectivity index (χ0n) is 16.4. The minimum absolute atomic E-state index is 0.0757. The molecule has 1 aliphatic rings. The fraction of sp³-hybridized carbons (Fsp3) is 0.381. The summed E-state index contributed by atoms with van der Waals surface area (Å²) in [6.07, 6.45) is 0. The van der Waals surface area contributed by atoms with Crippen LogP contribution < -0.4 is 0 Å². The molecule has 0 atom stereocenters. The molecule has 2 aromatic carbocycles. The van der Waals surface area contributed by atoms with E-state index in [1.165, 1.54) is 19.2 Å². The van der Waals surface area contributed by atoms with Gasteiger partial charge in [0.05, 0.1) is 17.3 Å². The molecule has 0 spiro atoms. The van der Waals surface area contributed by atoms with Crippen LogP contribution in [0.1, 0.15) is 15.9 Å². The number of hydrogen-bond donors (Lipinski definition) is 0. The summed E-state index contributed by atoms with van der Waals surface area (Å²) in [5.41, 5.74) is 1.65. The van der Waals surface area contributed by atoms with E-state index in [1.54, 1.807) is 12.1 Å². The van der Waals surface area contributed by atoms with Gasteiger partial charge in [0.2, 0.25) is 0 Å². The quantitative estimate of drug-likeness (QED) is 0.667. The monoisotopic (exact) mass is 436 g/mol. The zero-order valence-corrected chi connectivity index (χ0v) is 18.0. The van der Waals surface area contributed by atoms with Gasteiger partial charge in [0.15, 0.2) is 9.84 Å². The molecule has 0 aliphatic carbocycles. The largest absolute Gasteiger partial charge is 0.384 e. The van der Waals surface area contributed by atoms with E-state index in [0.717, 1.165) is 30.2 Å². The predicted molar refractivity (Wildman–Crippen MR) is 113 cm³/mol. The number of halogens is 1. The molecule has 1 fully saturated rings. The second-order valence-electron chi connectivity index (χ2n) is 7.03. The first-order chi connectivity index (χ1) is 13.9. The van der Waals surface area contributed by atoms with Gasteiger partial charge in [-0.2, -0.15) is 0 Å². The Morgan fingerprint density at radius 2 is 1.76 bits per heavy atom. The van der Waals surface area contributed by atoms with E-state index in [-0.39, 0.29) is 23.2 Å². The Hall–Kier alpha value is -1.93. The van der Waals surface area contributed by atoms with Crippen molar-refractivity contribution in [3.05, 3.63) is 64.7 Å². The maximum atomic E-state index is 12.8. The Labute approximate surface area is 176 Å². The summed E-state index contributed by atoms with van der Waals surface area (Å²) in [5, 5.41) is 0.726. The number of carbonyl (C=O) groups excluding carboxylic acids is 1. The van der Waals surface area contributed by atoms with E-state index in [9.17, 15) is 13.2 Å². The summed E-state index contributed by atoms with van der Waals surface area (Å²) in [6.45, 7) is 3.77. The number of ether oxygens (including phenoxy) is 1. The summed E-state index contributed by atoms with van der Waals surface area (Å²) >= 11 is 6.04. The maximum absolute atomic E-state index is 12.8. The van der Waals surface area contributed by atoms with Gasteiger partial charge < -0.3 is 9.64 Å². The van der Waals surface area contributed by atoms with E-state index >= 15 is 0 Å². The van der Waals surface area contributed by atoms with Crippen molar-refractivity contribution in [3.63, 3.8) is 0 Å². The zero-order chi connectivity index (χ0) is 20.9. The molecule has 6 nitrogen and oxygen atoms in total. The van der Waals surface area contributed by atoms with Crippen LogP contribution in [0.2, 0.25) is 5.02 Å². The van der Waals surface area contributed by atoms with Crippen molar-refractivity contribution in [2.45, 2.75) is 11.4 Å². The van der Waals surface area contributed by atoms with Gasteiger partial charge in [-0.1, -0.05) is 23.7 Å². The topological polar surface area (TPSA) is 66.9 Å². The van der Waals surface area contributed by atoms with Crippen molar-refractivity contribution < 1.29 is 17.9 Å². The van der Waals surface area contributed by atoms with Crippen LogP contribution in [0.25, 0.3) is 0 Å². The number of methoxy groups -OCH3 is 1. The number of carbonyl (C=O) groups is 1. The van der Waals surface area contributed by atoms with Crippen LogP contribution in [-0.4, -0.2) is 69.8 Å². The molecule has 0 N–H and O–H groups in total. The molecule has 0 unspecified atom stereocenters. The number of nitrogens with zero attached hydrogens (tertiary/aromatic N) is 2. The van der Waals surface area contributed by atoms with Gasteiger partial charge in [0.25, 0.3) is 5.91 Å². The normalized spacial score (nSPS) is 15.4. The number of rotatable bonds is 7. The molecule has 1 amide bonds. The minimum Gasteiger partial charge on any atom is -0.384 e. The molecule has 1 saturated heterocycles. The maximum Gasteiger partial charge on any atom is 0.253 e. The molecule has 0 aromatic heterocycles. The minimum atomic E-state index is -3.40. The lowest BCUT2D eigenvalue weighted by atomic mass is 10.1. The second kappa shape index (κ2) is 9.71. The number of hydrogen-bond acceptors (Lipinski definition) is 5. The Morgan fingerprint density at radius 1 is 1.07 bits per heavy atom. The molecule has 0 saturated carbocycles. The Bertz CT molecular complexity index is 939. The molecule has 8 heteroatoms. The number of amides is 1. The molecule has 156 valence electrons. The summed E-state index contributed by atoms with van der Waals surface area (Å²) in [4.78, 5) is 17.1. The molecule has 0 bridgehead atoms. The first-order valence-corrected chi connectivity index (χ1v) is 11.5. The lowest BCUT2D eigenvalue weighted by Gasteiger charge is -2.34. The highest BCUT2D eigenvalue weighted by atomic mass is 35.5.